The number of amides is 2. The molecule has 2 saturated heterocycles. The molecule has 3 atom stereocenters. The summed E-state index contributed by atoms with van der Waals surface area (Å²) >= 11 is 0. The fraction of sp³-hybridized carbons (Fsp3) is 0.636. The van der Waals surface area contributed by atoms with Crippen molar-refractivity contribution in [1.82, 2.24) is 10.6 Å². The summed E-state index contributed by atoms with van der Waals surface area (Å²) in [7, 11) is 1.61. The molecule has 0 spiro atoms. The molecule has 2 aliphatic heterocycles. The Balaban J connectivity index is 1.43. The lowest BCUT2D eigenvalue weighted by Crippen LogP contribution is -2.53. The highest BCUT2D eigenvalue weighted by Gasteiger charge is 2.34. The highest BCUT2D eigenvalue weighted by Crippen LogP contribution is 2.23. The molecule has 0 unspecified atom stereocenters. The van der Waals surface area contributed by atoms with Crippen LogP contribution in [-0.2, 0) is 25.6 Å². The van der Waals surface area contributed by atoms with E-state index in [1.165, 1.54) is 0 Å². The Morgan fingerprint density at radius 2 is 2.00 bits per heavy atom. The van der Waals surface area contributed by atoms with E-state index in [9.17, 15) is 14.7 Å². The lowest BCUT2D eigenvalue weighted by molar-refractivity contribution is -0.139. The predicted molar refractivity (Wildman–Crippen MR) is 110 cm³/mol. The fourth-order valence-electron chi connectivity index (χ4n) is 3.97. The number of carbonyl (C=O) groups is 2. The van der Waals surface area contributed by atoms with Crippen LogP contribution in [0.4, 0.5) is 0 Å². The molecule has 3 rings (SSSR count). The van der Waals surface area contributed by atoms with E-state index >= 15 is 0 Å². The molecule has 3 N–H and O–H groups in total. The largest absolute Gasteiger partial charge is 0.497 e. The SMILES string of the molecule is COc1cccc(CNC(=O)C[C@H]2CC[C@@H](NC(=O)C3CCOCC3)[C@@H](CO)O2)c1. The molecule has 8 nitrogen and oxygen atoms in total. The molecule has 0 radical (unpaired) electrons. The van der Waals surface area contributed by atoms with E-state index in [-0.39, 0.29) is 42.9 Å². The van der Waals surface area contributed by atoms with Crippen LogP contribution in [-0.4, -0.2) is 62.1 Å². The van der Waals surface area contributed by atoms with Crippen LogP contribution < -0.4 is 15.4 Å². The summed E-state index contributed by atoms with van der Waals surface area (Å²) in [6, 6.07) is 7.30. The smallest absolute Gasteiger partial charge is 0.223 e. The summed E-state index contributed by atoms with van der Waals surface area (Å²) in [5.74, 6) is 0.597. The van der Waals surface area contributed by atoms with E-state index < -0.39 is 6.10 Å². The molecule has 2 fully saturated rings. The maximum atomic E-state index is 12.5. The highest BCUT2D eigenvalue weighted by atomic mass is 16.5. The van der Waals surface area contributed by atoms with Crippen LogP contribution in [0, 0.1) is 5.92 Å². The van der Waals surface area contributed by atoms with Gasteiger partial charge in [0.1, 0.15) is 11.9 Å². The lowest BCUT2D eigenvalue weighted by Gasteiger charge is -2.37. The molecule has 0 saturated carbocycles. The number of aliphatic hydroxyl groups is 1. The van der Waals surface area contributed by atoms with E-state index in [0.29, 0.717) is 32.6 Å². The molecule has 30 heavy (non-hydrogen) atoms. The zero-order valence-electron chi connectivity index (χ0n) is 17.5. The van der Waals surface area contributed by atoms with Crippen molar-refractivity contribution in [3.05, 3.63) is 29.8 Å². The second-order valence-electron chi connectivity index (χ2n) is 7.89. The van der Waals surface area contributed by atoms with Crippen LogP contribution in [0.15, 0.2) is 24.3 Å². The third-order valence-corrected chi connectivity index (χ3v) is 5.75. The predicted octanol–water partition coefficient (Wildman–Crippen LogP) is 1.15. The zero-order chi connectivity index (χ0) is 21.3. The maximum absolute atomic E-state index is 12.5. The molecule has 1 aromatic carbocycles. The van der Waals surface area contributed by atoms with Crippen molar-refractivity contribution in [1.29, 1.82) is 0 Å². The summed E-state index contributed by atoms with van der Waals surface area (Å²) < 4.78 is 16.4. The quantitative estimate of drug-likeness (QED) is 0.583. The normalized spacial score (nSPS) is 24.8. The van der Waals surface area contributed by atoms with Crippen molar-refractivity contribution >= 4 is 11.8 Å². The summed E-state index contributed by atoms with van der Waals surface area (Å²) in [6.45, 7) is 1.43. The molecule has 0 bridgehead atoms. The Hall–Kier alpha value is -2.16. The van der Waals surface area contributed by atoms with Crippen molar-refractivity contribution < 1.29 is 28.9 Å². The van der Waals surface area contributed by atoms with Crippen LogP contribution in [0.1, 0.15) is 37.7 Å². The lowest BCUT2D eigenvalue weighted by atomic mass is 9.94. The van der Waals surface area contributed by atoms with Gasteiger partial charge >= 0.3 is 0 Å². The Morgan fingerprint density at radius 1 is 1.20 bits per heavy atom. The standard InChI is InChI=1S/C22H32N2O6/c1-28-17-4-2-3-15(11-17)13-23-21(26)12-18-5-6-19(20(14-25)30-18)24-22(27)16-7-9-29-10-8-16/h2-4,11,16,18-20,25H,5-10,12-14H2,1H3,(H,23,26)(H,24,27)/t18-,19-,20-/m1/s1. The van der Waals surface area contributed by atoms with Gasteiger partial charge in [-0.25, -0.2) is 0 Å². The van der Waals surface area contributed by atoms with Crippen molar-refractivity contribution in [3.63, 3.8) is 0 Å². The van der Waals surface area contributed by atoms with Gasteiger partial charge in [-0.3, -0.25) is 9.59 Å². The van der Waals surface area contributed by atoms with Gasteiger partial charge < -0.3 is 30.0 Å². The summed E-state index contributed by atoms with van der Waals surface area (Å²) in [6.07, 6.45) is 2.22. The minimum Gasteiger partial charge on any atom is -0.497 e. The van der Waals surface area contributed by atoms with E-state index in [4.69, 9.17) is 14.2 Å². The first-order chi connectivity index (χ1) is 14.6. The van der Waals surface area contributed by atoms with Gasteiger partial charge in [0.25, 0.3) is 0 Å². The Kier molecular flexibility index (Phi) is 8.48. The highest BCUT2D eigenvalue weighted by molar-refractivity contribution is 5.79. The van der Waals surface area contributed by atoms with Gasteiger partial charge in [0.15, 0.2) is 0 Å². The van der Waals surface area contributed by atoms with E-state index in [1.807, 2.05) is 24.3 Å². The van der Waals surface area contributed by atoms with Crippen LogP contribution >= 0.6 is 0 Å². The van der Waals surface area contributed by atoms with Crippen molar-refractivity contribution in [2.45, 2.75) is 56.9 Å². The number of hydrogen-bond donors (Lipinski definition) is 3. The van der Waals surface area contributed by atoms with E-state index in [1.54, 1.807) is 7.11 Å². The Bertz CT molecular complexity index is 707. The molecule has 1 aromatic rings. The number of carbonyl (C=O) groups excluding carboxylic acids is 2. The molecular weight excluding hydrogens is 388 g/mol. The van der Waals surface area contributed by atoms with E-state index in [2.05, 4.69) is 10.6 Å². The first-order valence-electron chi connectivity index (χ1n) is 10.6. The van der Waals surface area contributed by atoms with Crippen molar-refractivity contribution in [3.8, 4) is 5.75 Å². The van der Waals surface area contributed by atoms with Crippen molar-refractivity contribution in [2.75, 3.05) is 26.9 Å². The second kappa shape index (κ2) is 11.3. The number of hydrogen-bond acceptors (Lipinski definition) is 6. The first kappa shape index (κ1) is 22.5. The average Bonchev–Trinajstić information content (AvgIpc) is 2.79. The Labute approximate surface area is 177 Å². The van der Waals surface area contributed by atoms with Gasteiger partial charge in [0.05, 0.1) is 32.3 Å². The van der Waals surface area contributed by atoms with Gasteiger partial charge in [0, 0.05) is 25.7 Å². The van der Waals surface area contributed by atoms with Gasteiger partial charge in [0.2, 0.25) is 11.8 Å². The number of methoxy groups -OCH3 is 1. The summed E-state index contributed by atoms with van der Waals surface area (Å²) in [5.41, 5.74) is 0.955. The molecule has 2 amide bonds. The summed E-state index contributed by atoms with van der Waals surface area (Å²) in [5, 5.41) is 15.7. The number of ether oxygens (including phenoxy) is 3. The zero-order valence-corrected chi connectivity index (χ0v) is 17.5. The van der Waals surface area contributed by atoms with Crippen LogP contribution in [0.2, 0.25) is 0 Å². The molecule has 0 aromatic heterocycles. The fourth-order valence-corrected chi connectivity index (χ4v) is 3.97. The third-order valence-electron chi connectivity index (χ3n) is 5.75. The molecule has 0 aliphatic carbocycles. The third kappa shape index (κ3) is 6.42. The minimum absolute atomic E-state index is 0.000155. The molecule has 2 heterocycles. The van der Waals surface area contributed by atoms with Crippen molar-refractivity contribution in [2.24, 2.45) is 5.92 Å². The molecule has 8 heteroatoms. The second-order valence-corrected chi connectivity index (χ2v) is 7.89. The monoisotopic (exact) mass is 420 g/mol. The van der Waals surface area contributed by atoms with Gasteiger partial charge in [-0.15, -0.1) is 0 Å². The minimum atomic E-state index is -0.501. The van der Waals surface area contributed by atoms with Gasteiger partial charge in [-0.2, -0.15) is 0 Å². The maximum Gasteiger partial charge on any atom is 0.223 e. The van der Waals surface area contributed by atoms with Gasteiger partial charge in [-0.1, -0.05) is 12.1 Å². The van der Waals surface area contributed by atoms with E-state index in [0.717, 1.165) is 24.2 Å². The first-order valence-corrected chi connectivity index (χ1v) is 10.6. The number of rotatable bonds is 8. The molecule has 2 aliphatic rings. The number of benzene rings is 1. The molecular formula is C22H32N2O6. The van der Waals surface area contributed by atoms with Crippen LogP contribution in [0.3, 0.4) is 0 Å². The van der Waals surface area contributed by atoms with Crippen LogP contribution in [0.5, 0.6) is 5.75 Å². The summed E-state index contributed by atoms with van der Waals surface area (Å²) in [4.78, 5) is 24.8. The number of aliphatic hydroxyl groups excluding tert-OH is 1. The Morgan fingerprint density at radius 3 is 2.73 bits per heavy atom. The molecule has 166 valence electrons. The average molecular weight is 421 g/mol. The number of nitrogens with one attached hydrogen (secondary N) is 2. The van der Waals surface area contributed by atoms with Crippen LogP contribution in [0.25, 0.3) is 0 Å². The van der Waals surface area contributed by atoms with Gasteiger partial charge in [-0.05, 0) is 43.4 Å². The topological polar surface area (TPSA) is 106 Å².